The minimum Gasteiger partial charge on any atom is -0.266 e. The van der Waals surface area contributed by atoms with Gasteiger partial charge in [0.1, 0.15) is 6.49 Å². The Morgan fingerprint density at radius 1 is 0.522 bits per heavy atom. The maximum absolute atomic E-state index is 5.91. The van der Waals surface area contributed by atoms with E-state index in [-0.39, 0.29) is 0 Å². The summed E-state index contributed by atoms with van der Waals surface area (Å²) < 4.78 is 0. The molecule has 0 aliphatic heterocycles. The lowest BCUT2D eigenvalue weighted by atomic mass is 10.2. The first-order valence-corrected chi connectivity index (χ1v) is 12.8. The summed E-state index contributed by atoms with van der Waals surface area (Å²) in [5.41, 5.74) is 0. The molecule has 0 radical (unpaired) electrons. The van der Waals surface area contributed by atoms with E-state index in [4.69, 9.17) is 11.8 Å². The standard InChI is InChI=1S/C18H42N3PS/c1-4-7-10-13-16-19-22(23,20-17-14-11-8-5-2)21-18-15-12-9-6-3/h4-18H2,1-3H3,(H3,19,20,21,23). The summed E-state index contributed by atoms with van der Waals surface area (Å²) in [7, 11) is 0. The van der Waals surface area contributed by atoms with Gasteiger partial charge in [-0.05, 0) is 31.1 Å². The van der Waals surface area contributed by atoms with Gasteiger partial charge in [0, 0.05) is 19.6 Å². The van der Waals surface area contributed by atoms with Crippen LogP contribution in [0.1, 0.15) is 97.8 Å². The van der Waals surface area contributed by atoms with E-state index >= 15 is 0 Å². The fourth-order valence-corrected chi connectivity index (χ4v) is 5.11. The predicted molar refractivity (Wildman–Crippen MR) is 111 cm³/mol. The Labute approximate surface area is 151 Å². The van der Waals surface area contributed by atoms with Crippen molar-refractivity contribution in [1.82, 2.24) is 15.3 Å². The molecule has 0 amide bonds. The van der Waals surface area contributed by atoms with Crippen molar-refractivity contribution in [2.24, 2.45) is 0 Å². The van der Waals surface area contributed by atoms with Crippen molar-refractivity contribution < 1.29 is 0 Å². The summed E-state index contributed by atoms with van der Waals surface area (Å²) in [5, 5.41) is 10.9. The minimum atomic E-state index is -1.78. The number of hydrogen-bond donors (Lipinski definition) is 3. The smallest absolute Gasteiger partial charge is 0.137 e. The van der Waals surface area contributed by atoms with Crippen molar-refractivity contribution in [1.29, 1.82) is 0 Å². The van der Waals surface area contributed by atoms with Gasteiger partial charge in [-0.15, -0.1) is 0 Å². The minimum absolute atomic E-state index is 1.04. The van der Waals surface area contributed by atoms with E-state index in [2.05, 4.69) is 36.0 Å². The Morgan fingerprint density at radius 2 is 0.826 bits per heavy atom. The monoisotopic (exact) mass is 363 g/mol. The van der Waals surface area contributed by atoms with Crippen molar-refractivity contribution in [3.05, 3.63) is 0 Å². The van der Waals surface area contributed by atoms with E-state index in [0.717, 1.165) is 19.6 Å². The Balaban J connectivity index is 4.03. The van der Waals surface area contributed by atoms with Gasteiger partial charge in [-0.1, -0.05) is 78.6 Å². The van der Waals surface area contributed by atoms with Gasteiger partial charge in [0.15, 0.2) is 0 Å². The molecule has 0 bridgehead atoms. The van der Waals surface area contributed by atoms with E-state index in [1.807, 2.05) is 0 Å². The van der Waals surface area contributed by atoms with Crippen molar-refractivity contribution in [3.63, 3.8) is 0 Å². The Kier molecular flexibility index (Phi) is 17.8. The highest BCUT2D eigenvalue weighted by molar-refractivity contribution is 8.11. The first-order chi connectivity index (χ1) is 11.2. The molecule has 3 N–H and O–H groups in total. The molecule has 5 heteroatoms. The molecule has 0 aromatic heterocycles. The molecular formula is C18H42N3PS. The second-order valence-corrected chi connectivity index (χ2v) is 10.3. The van der Waals surface area contributed by atoms with Gasteiger partial charge < -0.3 is 0 Å². The summed E-state index contributed by atoms with van der Waals surface area (Å²) in [6, 6.07) is 0. The number of rotatable bonds is 18. The van der Waals surface area contributed by atoms with Crippen molar-refractivity contribution >= 4 is 18.3 Å². The predicted octanol–water partition coefficient (Wildman–Crippen LogP) is 5.72. The van der Waals surface area contributed by atoms with E-state index in [9.17, 15) is 0 Å². The number of hydrogen-bond acceptors (Lipinski definition) is 1. The van der Waals surface area contributed by atoms with Crippen LogP contribution < -0.4 is 15.3 Å². The molecule has 0 unspecified atom stereocenters. The average Bonchev–Trinajstić information content (AvgIpc) is 2.54. The normalized spacial score (nSPS) is 12.0. The SMILES string of the molecule is CCCCCCNP(=S)(NCCCCCC)NCCCCCC. The van der Waals surface area contributed by atoms with E-state index < -0.39 is 6.49 Å². The lowest BCUT2D eigenvalue weighted by Crippen LogP contribution is -2.33. The number of nitrogens with one attached hydrogen (secondary N) is 3. The molecule has 0 heterocycles. The first-order valence-electron chi connectivity index (χ1n) is 10.0. The van der Waals surface area contributed by atoms with Crippen LogP contribution in [0.4, 0.5) is 0 Å². The van der Waals surface area contributed by atoms with E-state index in [0.29, 0.717) is 0 Å². The Hall–Kier alpha value is 0.530. The largest absolute Gasteiger partial charge is 0.266 e. The molecular weight excluding hydrogens is 321 g/mol. The molecule has 0 spiro atoms. The van der Waals surface area contributed by atoms with E-state index in [1.165, 1.54) is 77.0 Å². The summed E-state index contributed by atoms with van der Waals surface area (Å²) in [6.07, 6.45) is 15.5. The maximum Gasteiger partial charge on any atom is 0.137 e. The van der Waals surface area contributed by atoms with Crippen LogP contribution in [0.3, 0.4) is 0 Å². The quantitative estimate of drug-likeness (QED) is 0.215. The van der Waals surface area contributed by atoms with Gasteiger partial charge in [-0.2, -0.15) is 0 Å². The van der Waals surface area contributed by atoms with Crippen LogP contribution in [0.2, 0.25) is 0 Å². The highest BCUT2D eigenvalue weighted by Crippen LogP contribution is 2.30. The molecule has 3 nitrogen and oxygen atoms in total. The number of unbranched alkanes of at least 4 members (excludes halogenated alkanes) is 9. The van der Waals surface area contributed by atoms with Crippen LogP contribution in [-0.2, 0) is 11.8 Å². The maximum atomic E-state index is 5.91. The fraction of sp³-hybridized carbons (Fsp3) is 1.00. The van der Waals surface area contributed by atoms with Gasteiger partial charge in [0.05, 0.1) is 0 Å². The molecule has 0 saturated heterocycles. The van der Waals surface area contributed by atoms with Gasteiger partial charge in [-0.3, -0.25) is 15.3 Å². The Morgan fingerprint density at radius 3 is 1.09 bits per heavy atom. The molecule has 0 aliphatic carbocycles. The van der Waals surface area contributed by atoms with Crippen LogP contribution in [0.5, 0.6) is 0 Å². The lowest BCUT2D eigenvalue weighted by Gasteiger charge is -2.26. The van der Waals surface area contributed by atoms with Gasteiger partial charge in [-0.25, -0.2) is 0 Å². The van der Waals surface area contributed by atoms with Crippen molar-refractivity contribution in [2.75, 3.05) is 19.6 Å². The molecule has 0 saturated carbocycles. The summed E-state index contributed by atoms with van der Waals surface area (Å²) in [6.45, 7) is 8.12. The lowest BCUT2D eigenvalue weighted by molar-refractivity contribution is 0.633. The molecule has 0 aromatic carbocycles. The van der Waals surface area contributed by atoms with Crippen molar-refractivity contribution in [3.8, 4) is 0 Å². The van der Waals surface area contributed by atoms with Gasteiger partial charge >= 0.3 is 0 Å². The van der Waals surface area contributed by atoms with Gasteiger partial charge in [0.2, 0.25) is 0 Å². The van der Waals surface area contributed by atoms with Crippen LogP contribution >= 0.6 is 6.49 Å². The summed E-state index contributed by atoms with van der Waals surface area (Å²) >= 11 is 5.91. The molecule has 0 fully saturated rings. The zero-order valence-corrected chi connectivity index (χ0v) is 17.7. The second-order valence-electron chi connectivity index (χ2n) is 6.52. The van der Waals surface area contributed by atoms with Crippen LogP contribution in [0.15, 0.2) is 0 Å². The zero-order valence-electron chi connectivity index (χ0n) is 16.0. The second kappa shape index (κ2) is 17.4. The highest BCUT2D eigenvalue weighted by atomic mass is 32.4. The highest BCUT2D eigenvalue weighted by Gasteiger charge is 2.13. The Bertz CT molecular complexity index is 245. The average molecular weight is 364 g/mol. The van der Waals surface area contributed by atoms with Crippen LogP contribution in [0, 0.1) is 0 Å². The van der Waals surface area contributed by atoms with Crippen LogP contribution in [-0.4, -0.2) is 19.6 Å². The van der Waals surface area contributed by atoms with Crippen LogP contribution in [0.25, 0.3) is 0 Å². The zero-order chi connectivity index (χ0) is 17.2. The molecule has 23 heavy (non-hydrogen) atoms. The molecule has 0 aromatic rings. The molecule has 0 atom stereocenters. The molecule has 0 rings (SSSR count). The summed E-state index contributed by atoms with van der Waals surface area (Å²) in [4.78, 5) is 0. The third-order valence-electron chi connectivity index (χ3n) is 4.09. The van der Waals surface area contributed by atoms with E-state index in [1.54, 1.807) is 0 Å². The fourth-order valence-electron chi connectivity index (χ4n) is 2.53. The molecule has 0 aliphatic rings. The third kappa shape index (κ3) is 15.8. The topological polar surface area (TPSA) is 36.1 Å². The molecule has 140 valence electrons. The summed E-state index contributed by atoms with van der Waals surface area (Å²) in [5.74, 6) is 0. The van der Waals surface area contributed by atoms with Crippen molar-refractivity contribution in [2.45, 2.75) is 97.8 Å². The third-order valence-corrected chi connectivity index (χ3v) is 7.26. The first kappa shape index (κ1) is 23.5. The van der Waals surface area contributed by atoms with Gasteiger partial charge in [0.25, 0.3) is 0 Å².